The smallest absolute Gasteiger partial charge is 0.246 e. The quantitative estimate of drug-likeness (QED) is 0.750. The molecule has 1 rings (SSSR count). The predicted octanol–water partition coefficient (Wildman–Crippen LogP) is 2.98. The van der Waals surface area contributed by atoms with Gasteiger partial charge in [0.2, 0.25) is 5.91 Å². The van der Waals surface area contributed by atoms with Crippen molar-refractivity contribution in [1.29, 1.82) is 0 Å². The summed E-state index contributed by atoms with van der Waals surface area (Å²) < 4.78 is 10.5. The second kappa shape index (κ2) is 7.58. The van der Waals surface area contributed by atoms with Crippen molar-refractivity contribution in [3.05, 3.63) is 29.8 Å². The minimum atomic E-state index is 0.0189. The minimum Gasteiger partial charge on any atom is -0.497 e. The van der Waals surface area contributed by atoms with Crippen molar-refractivity contribution in [3.63, 3.8) is 0 Å². The van der Waals surface area contributed by atoms with Crippen molar-refractivity contribution in [1.82, 2.24) is 4.90 Å². The van der Waals surface area contributed by atoms with Crippen LogP contribution < -0.4 is 9.47 Å². The lowest BCUT2D eigenvalue weighted by molar-refractivity contribution is -0.125. The van der Waals surface area contributed by atoms with E-state index in [0.29, 0.717) is 18.8 Å². The van der Waals surface area contributed by atoms with Gasteiger partial charge in [-0.1, -0.05) is 0 Å². The highest BCUT2D eigenvalue weighted by molar-refractivity contribution is 5.95. The van der Waals surface area contributed by atoms with Gasteiger partial charge in [-0.2, -0.15) is 0 Å². The van der Waals surface area contributed by atoms with Crippen LogP contribution >= 0.6 is 0 Å². The Kier molecular flexibility index (Phi) is 6.10. The van der Waals surface area contributed by atoms with Crippen LogP contribution in [0.25, 0.3) is 5.57 Å². The van der Waals surface area contributed by atoms with Gasteiger partial charge in [0.25, 0.3) is 0 Å². The average Bonchev–Trinajstić information content (AvgIpc) is 2.47. The third-order valence-corrected chi connectivity index (χ3v) is 3.25. The lowest BCUT2D eigenvalue weighted by Crippen LogP contribution is -2.28. The van der Waals surface area contributed by atoms with Crippen molar-refractivity contribution in [2.75, 3.05) is 27.3 Å². The van der Waals surface area contributed by atoms with Crippen LogP contribution in [0.5, 0.6) is 11.5 Å². The first-order valence-electron chi connectivity index (χ1n) is 6.76. The van der Waals surface area contributed by atoms with Gasteiger partial charge in [-0.25, -0.2) is 0 Å². The number of carbonyl (C=O) groups excluding carboxylic acids is 1. The summed E-state index contributed by atoms with van der Waals surface area (Å²) >= 11 is 0. The molecule has 0 aliphatic rings. The van der Waals surface area contributed by atoms with E-state index in [1.165, 1.54) is 0 Å². The molecule has 0 aliphatic heterocycles. The average molecular weight is 277 g/mol. The number of carbonyl (C=O) groups is 1. The van der Waals surface area contributed by atoms with Gasteiger partial charge >= 0.3 is 0 Å². The van der Waals surface area contributed by atoms with E-state index in [4.69, 9.17) is 9.47 Å². The highest BCUT2D eigenvalue weighted by Gasteiger charge is 2.11. The van der Waals surface area contributed by atoms with E-state index in [-0.39, 0.29) is 5.91 Å². The maximum atomic E-state index is 12.1. The summed E-state index contributed by atoms with van der Waals surface area (Å²) in [4.78, 5) is 13.9. The van der Waals surface area contributed by atoms with Gasteiger partial charge in [0.1, 0.15) is 11.5 Å². The van der Waals surface area contributed by atoms with Crippen LogP contribution in [-0.2, 0) is 4.79 Å². The van der Waals surface area contributed by atoms with Crippen molar-refractivity contribution in [2.24, 2.45) is 0 Å². The fourth-order valence-electron chi connectivity index (χ4n) is 2.01. The van der Waals surface area contributed by atoms with Crippen LogP contribution in [0.1, 0.15) is 26.3 Å². The molecular formula is C16H23NO3. The molecule has 0 radical (unpaired) electrons. The molecule has 110 valence electrons. The summed E-state index contributed by atoms with van der Waals surface area (Å²) in [5, 5.41) is 0. The topological polar surface area (TPSA) is 38.8 Å². The molecular weight excluding hydrogens is 254 g/mol. The summed E-state index contributed by atoms with van der Waals surface area (Å²) in [6, 6.07) is 5.57. The first-order chi connectivity index (χ1) is 9.57. The van der Waals surface area contributed by atoms with E-state index in [2.05, 4.69) is 0 Å². The third kappa shape index (κ3) is 3.76. The van der Waals surface area contributed by atoms with Crippen LogP contribution in [0.4, 0.5) is 0 Å². The van der Waals surface area contributed by atoms with Crippen molar-refractivity contribution >= 4 is 11.5 Å². The number of amides is 1. The molecule has 0 fully saturated rings. The van der Waals surface area contributed by atoms with Crippen molar-refractivity contribution < 1.29 is 14.3 Å². The van der Waals surface area contributed by atoms with Crippen molar-refractivity contribution in [3.8, 4) is 11.5 Å². The Balaban J connectivity index is 3.07. The summed E-state index contributed by atoms with van der Waals surface area (Å²) in [5.41, 5.74) is 1.77. The molecule has 0 spiro atoms. The molecule has 0 saturated heterocycles. The maximum Gasteiger partial charge on any atom is 0.246 e. The maximum absolute atomic E-state index is 12.1. The van der Waals surface area contributed by atoms with E-state index in [0.717, 1.165) is 16.9 Å². The van der Waals surface area contributed by atoms with Crippen LogP contribution in [0.2, 0.25) is 0 Å². The van der Waals surface area contributed by atoms with Crippen LogP contribution in [0.15, 0.2) is 24.3 Å². The van der Waals surface area contributed by atoms with Gasteiger partial charge in [0.05, 0.1) is 14.2 Å². The Labute approximate surface area is 121 Å². The van der Waals surface area contributed by atoms with Gasteiger partial charge < -0.3 is 14.4 Å². The molecule has 0 N–H and O–H groups in total. The van der Waals surface area contributed by atoms with Gasteiger partial charge in [-0.15, -0.1) is 0 Å². The van der Waals surface area contributed by atoms with E-state index in [9.17, 15) is 4.79 Å². The van der Waals surface area contributed by atoms with Gasteiger partial charge in [0, 0.05) is 30.8 Å². The lowest BCUT2D eigenvalue weighted by atomic mass is 10.1. The zero-order valence-electron chi connectivity index (χ0n) is 12.9. The standard InChI is InChI=1S/C16H23NO3/c1-6-17(7-2)16(18)10-12(3)14-9-8-13(19-4)11-15(14)20-5/h8-11H,6-7H2,1-5H3/b12-10+. The molecule has 4 nitrogen and oxygen atoms in total. The highest BCUT2D eigenvalue weighted by atomic mass is 16.5. The van der Waals surface area contributed by atoms with Crippen LogP contribution in [0.3, 0.4) is 0 Å². The number of hydrogen-bond donors (Lipinski definition) is 0. The third-order valence-electron chi connectivity index (χ3n) is 3.25. The molecule has 0 atom stereocenters. The molecule has 0 aliphatic carbocycles. The predicted molar refractivity (Wildman–Crippen MR) is 81.1 cm³/mol. The first kappa shape index (κ1) is 16.1. The van der Waals surface area contributed by atoms with E-state index >= 15 is 0 Å². The molecule has 0 unspecified atom stereocenters. The van der Waals surface area contributed by atoms with E-state index in [1.54, 1.807) is 25.2 Å². The number of rotatable bonds is 6. The number of nitrogens with zero attached hydrogens (tertiary/aromatic N) is 1. The molecule has 0 bridgehead atoms. The Morgan fingerprint density at radius 2 is 1.85 bits per heavy atom. The molecule has 4 heteroatoms. The van der Waals surface area contributed by atoms with Gasteiger partial charge in [0.15, 0.2) is 0 Å². The lowest BCUT2D eigenvalue weighted by Gasteiger charge is -2.17. The van der Waals surface area contributed by atoms with Crippen LogP contribution in [-0.4, -0.2) is 38.1 Å². The number of ether oxygens (including phenoxy) is 2. The molecule has 1 amide bonds. The van der Waals surface area contributed by atoms with Crippen molar-refractivity contribution in [2.45, 2.75) is 20.8 Å². The number of hydrogen-bond acceptors (Lipinski definition) is 3. The second-order valence-electron chi connectivity index (χ2n) is 4.40. The molecule has 20 heavy (non-hydrogen) atoms. The van der Waals surface area contributed by atoms with E-state index in [1.807, 2.05) is 39.0 Å². The highest BCUT2D eigenvalue weighted by Crippen LogP contribution is 2.29. The fourth-order valence-corrected chi connectivity index (χ4v) is 2.01. The second-order valence-corrected chi connectivity index (χ2v) is 4.40. The molecule has 1 aromatic carbocycles. The normalized spacial score (nSPS) is 11.2. The fraction of sp³-hybridized carbons (Fsp3) is 0.438. The molecule has 0 saturated carbocycles. The van der Waals surface area contributed by atoms with Gasteiger partial charge in [-0.05, 0) is 38.5 Å². The Morgan fingerprint density at radius 3 is 2.35 bits per heavy atom. The summed E-state index contributed by atoms with van der Waals surface area (Å²) in [6.45, 7) is 7.26. The summed E-state index contributed by atoms with van der Waals surface area (Å²) in [7, 11) is 3.22. The Hall–Kier alpha value is -1.97. The zero-order chi connectivity index (χ0) is 15.1. The molecule has 0 heterocycles. The van der Waals surface area contributed by atoms with Gasteiger partial charge in [-0.3, -0.25) is 4.79 Å². The van der Waals surface area contributed by atoms with E-state index < -0.39 is 0 Å². The summed E-state index contributed by atoms with van der Waals surface area (Å²) in [6.07, 6.45) is 1.65. The Bertz CT molecular complexity index is 490. The van der Waals surface area contributed by atoms with Crippen LogP contribution in [0, 0.1) is 0 Å². The monoisotopic (exact) mass is 277 g/mol. The number of allylic oxidation sites excluding steroid dienone is 1. The minimum absolute atomic E-state index is 0.0189. The SMILES string of the molecule is CCN(CC)C(=O)/C=C(\C)c1ccc(OC)cc1OC. The largest absolute Gasteiger partial charge is 0.497 e. The zero-order valence-corrected chi connectivity index (χ0v) is 12.9. The summed E-state index contributed by atoms with van der Waals surface area (Å²) in [5.74, 6) is 1.45. The number of benzene rings is 1. The number of methoxy groups -OCH3 is 2. The number of likely N-dealkylation sites (N-methyl/N-ethyl adjacent to an activating group) is 1. The first-order valence-corrected chi connectivity index (χ1v) is 6.76. The Morgan fingerprint density at radius 1 is 1.20 bits per heavy atom. The molecule has 0 aromatic heterocycles. The molecule has 1 aromatic rings.